The molecule has 2 N–H and O–H groups in total. The quantitative estimate of drug-likeness (QED) is 0.515. The van der Waals surface area contributed by atoms with Gasteiger partial charge in [0, 0.05) is 0 Å². The van der Waals surface area contributed by atoms with Crippen LogP contribution < -0.4 is 29.6 Å². The smallest absolute Gasteiger partial charge is 1.00 e. The average molecular weight is 256 g/mol. The van der Waals surface area contributed by atoms with Gasteiger partial charge in [0.1, 0.15) is 0 Å². The summed E-state index contributed by atoms with van der Waals surface area (Å²) in [6.07, 6.45) is 1.41. The predicted octanol–water partition coefficient (Wildman–Crippen LogP) is -1.39. The fourth-order valence-corrected chi connectivity index (χ4v) is 2.00. The topological polar surface area (TPSA) is 74.6 Å². The van der Waals surface area contributed by atoms with Crippen molar-refractivity contribution in [3.05, 3.63) is 30.3 Å². The van der Waals surface area contributed by atoms with Crippen molar-refractivity contribution in [2.45, 2.75) is 9.79 Å². The van der Waals surface area contributed by atoms with Crippen molar-refractivity contribution in [3.8, 4) is 0 Å². The van der Waals surface area contributed by atoms with E-state index < -0.39 is 22.2 Å². The Hall–Kier alpha value is 0.180. The Labute approximate surface area is 116 Å². The van der Waals surface area contributed by atoms with Crippen LogP contribution >= 0.6 is 0 Å². The number of hydrogen-bond donors (Lipinski definition) is 2. The van der Waals surface area contributed by atoms with Gasteiger partial charge in [-0.05, 0) is 17.7 Å². The van der Waals surface area contributed by atoms with Crippen LogP contribution in [0.2, 0.25) is 0 Å². The molecule has 0 saturated carbocycles. The maximum atomic E-state index is 10.8. The molecule has 2 unspecified atom stereocenters. The van der Waals surface area contributed by atoms with Gasteiger partial charge < -0.3 is 10.5 Å². The van der Waals surface area contributed by atoms with E-state index in [-0.39, 0.29) is 40.8 Å². The first-order valence-corrected chi connectivity index (χ1v) is 5.76. The summed E-state index contributed by atoms with van der Waals surface area (Å²) >= 11 is -4.33. The molecule has 0 spiro atoms. The molecule has 0 aromatic heterocycles. The molecule has 1 rings (SSSR count). The minimum absolute atomic E-state index is 0. The SMILES string of the molecule is C=Cc1ccc(S(=O)O)cc1S(=O)O.[H-].[Na+]. The molecule has 78 valence electrons. The molecule has 0 aliphatic carbocycles. The first-order chi connectivity index (χ1) is 6.56. The zero-order valence-corrected chi connectivity index (χ0v) is 11.7. The first-order valence-electron chi connectivity index (χ1n) is 3.54. The van der Waals surface area contributed by atoms with E-state index in [9.17, 15) is 8.42 Å². The van der Waals surface area contributed by atoms with Crippen LogP contribution in [0.1, 0.15) is 6.99 Å². The van der Waals surface area contributed by atoms with Gasteiger partial charge in [-0.2, -0.15) is 0 Å². The van der Waals surface area contributed by atoms with Gasteiger partial charge in [0.05, 0.1) is 9.79 Å². The Morgan fingerprint density at radius 1 is 1.27 bits per heavy atom. The number of hydrogen-bond acceptors (Lipinski definition) is 2. The van der Waals surface area contributed by atoms with Crippen molar-refractivity contribution in [1.82, 2.24) is 0 Å². The van der Waals surface area contributed by atoms with Crippen molar-refractivity contribution < 1.29 is 48.5 Å². The fraction of sp³-hybridized carbons (Fsp3) is 0. The van der Waals surface area contributed by atoms with Crippen LogP contribution in [0.3, 0.4) is 0 Å². The second-order valence-corrected chi connectivity index (χ2v) is 4.31. The molecular weight excluding hydrogens is 247 g/mol. The van der Waals surface area contributed by atoms with E-state index >= 15 is 0 Å². The Morgan fingerprint density at radius 3 is 2.27 bits per heavy atom. The Bertz CT molecular complexity index is 424. The van der Waals surface area contributed by atoms with E-state index in [2.05, 4.69) is 6.58 Å². The third-order valence-electron chi connectivity index (χ3n) is 1.59. The molecule has 1 aromatic carbocycles. The first kappa shape index (κ1) is 15.2. The van der Waals surface area contributed by atoms with E-state index in [0.717, 1.165) is 0 Å². The van der Waals surface area contributed by atoms with Crippen LogP contribution in [0, 0.1) is 0 Å². The summed E-state index contributed by atoms with van der Waals surface area (Å²) in [7, 11) is 0. The van der Waals surface area contributed by atoms with Crippen molar-refractivity contribution in [2.75, 3.05) is 0 Å². The van der Waals surface area contributed by atoms with Crippen molar-refractivity contribution in [2.24, 2.45) is 0 Å². The molecule has 2 atom stereocenters. The normalized spacial score (nSPS) is 13.7. The Balaban J connectivity index is 0. The molecule has 0 bridgehead atoms. The third kappa shape index (κ3) is 3.92. The van der Waals surface area contributed by atoms with Crippen LogP contribution in [0.4, 0.5) is 0 Å². The summed E-state index contributed by atoms with van der Waals surface area (Å²) in [4.78, 5) is 0.174. The summed E-state index contributed by atoms with van der Waals surface area (Å²) in [5.41, 5.74) is 0.472. The van der Waals surface area contributed by atoms with E-state index in [4.69, 9.17) is 9.11 Å². The van der Waals surface area contributed by atoms with Gasteiger partial charge in [-0.15, -0.1) is 0 Å². The third-order valence-corrected chi connectivity index (χ3v) is 2.98. The molecule has 4 nitrogen and oxygen atoms in total. The second kappa shape index (κ2) is 6.70. The van der Waals surface area contributed by atoms with Gasteiger partial charge in [-0.25, -0.2) is 8.42 Å². The summed E-state index contributed by atoms with van der Waals surface area (Å²) in [5.74, 6) is 0. The van der Waals surface area contributed by atoms with Crippen molar-refractivity contribution in [1.29, 1.82) is 0 Å². The molecule has 15 heavy (non-hydrogen) atoms. The predicted molar refractivity (Wildman–Crippen MR) is 55.7 cm³/mol. The largest absolute Gasteiger partial charge is 1.00 e. The maximum Gasteiger partial charge on any atom is 1.00 e. The van der Waals surface area contributed by atoms with Crippen molar-refractivity contribution in [3.63, 3.8) is 0 Å². The number of benzene rings is 1. The Morgan fingerprint density at radius 2 is 1.87 bits per heavy atom. The molecule has 0 aliphatic heterocycles. The molecule has 1 aromatic rings. The molecule has 0 saturated heterocycles. The van der Waals surface area contributed by atoms with Gasteiger partial charge in [0.2, 0.25) is 0 Å². The second-order valence-electron chi connectivity index (χ2n) is 2.40. The standard InChI is InChI=1S/C8H8O4S2.Na.H/c1-2-6-3-4-7(13(9)10)5-8(6)14(11)12;;/h2-5H,1H2,(H,9,10)(H,11,12);;/q;+1;-1. The minimum Gasteiger partial charge on any atom is -1.00 e. The zero-order valence-electron chi connectivity index (χ0n) is 9.04. The fourth-order valence-electron chi connectivity index (χ4n) is 0.943. The molecular formula is C8H9NaO4S2. The van der Waals surface area contributed by atoms with Crippen molar-refractivity contribution >= 4 is 28.2 Å². The summed E-state index contributed by atoms with van der Waals surface area (Å²) in [5, 5.41) is 0. The average Bonchev–Trinajstić information content (AvgIpc) is 2.16. The number of rotatable bonds is 3. The van der Waals surface area contributed by atoms with Gasteiger partial charge in [-0.1, -0.05) is 18.7 Å². The van der Waals surface area contributed by atoms with Crippen LogP contribution in [0.25, 0.3) is 6.08 Å². The van der Waals surface area contributed by atoms with Crippen LogP contribution in [0.15, 0.2) is 34.6 Å². The van der Waals surface area contributed by atoms with Gasteiger partial charge in [0.15, 0.2) is 22.2 Å². The molecule has 0 aliphatic rings. The van der Waals surface area contributed by atoms with E-state index in [1.165, 1.54) is 24.3 Å². The van der Waals surface area contributed by atoms with Gasteiger partial charge in [0.25, 0.3) is 0 Å². The molecule has 0 heterocycles. The van der Waals surface area contributed by atoms with Crippen LogP contribution in [-0.4, -0.2) is 17.5 Å². The van der Waals surface area contributed by atoms with Crippen LogP contribution in [-0.2, 0) is 22.2 Å². The Kier molecular flexibility index (Phi) is 6.78. The molecule has 7 heteroatoms. The van der Waals surface area contributed by atoms with E-state index in [1.54, 1.807) is 0 Å². The van der Waals surface area contributed by atoms with E-state index in [1.807, 2.05) is 0 Å². The monoisotopic (exact) mass is 256 g/mol. The summed E-state index contributed by atoms with van der Waals surface area (Å²) in [6.45, 7) is 3.46. The van der Waals surface area contributed by atoms with Gasteiger partial charge >= 0.3 is 29.6 Å². The van der Waals surface area contributed by atoms with Gasteiger partial charge in [-0.3, -0.25) is 0 Å². The minimum atomic E-state index is -2.18. The zero-order chi connectivity index (χ0) is 10.7. The molecule has 0 radical (unpaired) electrons. The molecule has 0 amide bonds. The summed E-state index contributed by atoms with van der Waals surface area (Å²) in [6, 6.07) is 4.09. The maximum absolute atomic E-state index is 10.8. The van der Waals surface area contributed by atoms with E-state index in [0.29, 0.717) is 5.56 Å². The summed E-state index contributed by atoms with van der Waals surface area (Å²) < 4.78 is 39.2. The molecule has 0 fully saturated rings. The van der Waals surface area contributed by atoms with Crippen LogP contribution in [0.5, 0.6) is 0 Å².